The summed E-state index contributed by atoms with van der Waals surface area (Å²) >= 11 is 0. The molecule has 0 radical (unpaired) electrons. The van der Waals surface area contributed by atoms with Crippen LogP contribution in [0.2, 0.25) is 0 Å². The molecule has 0 saturated carbocycles. The average molecular weight is 229 g/mol. The van der Waals surface area contributed by atoms with E-state index in [9.17, 15) is 13.9 Å². The predicted octanol–water partition coefficient (Wildman–Crippen LogP) is 1.87. The van der Waals surface area contributed by atoms with Crippen molar-refractivity contribution in [2.45, 2.75) is 25.9 Å². The third-order valence-electron chi connectivity index (χ3n) is 2.31. The second kappa shape index (κ2) is 6.55. The molecule has 16 heavy (non-hydrogen) atoms. The van der Waals surface area contributed by atoms with Crippen LogP contribution >= 0.6 is 0 Å². The van der Waals surface area contributed by atoms with E-state index in [1.165, 1.54) is 18.2 Å². The summed E-state index contributed by atoms with van der Waals surface area (Å²) in [6.45, 7) is 3.15. The Kier molecular flexibility index (Phi) is 5.35. The van der Waals surface area contributed by atoms with Gasteiger partial charge in [0.25, 0.3) is 0 Å². The first-order valence-corrected chi connectivity index (χ1v) is 5.46. The molecule has 2 N–H and O–H groups in total. The zero-order valence-electron chi connectivity index (χ0n) is 9.34. The van der Waals surface area contributed by atoms with Gasteiger partial charge in [0.1, 0.15) is 11.6 Å². The van der Waals surface area contributed by atoms with Crippen LogP contribution in [0.1, 0.15) is 18.9 Å². The summed E-state index contributed by atoms with van der Waals surface area (Å²) in [7, 11) is 0. The van der Waals surface area contributed by atoms with Crippen molar-refractivity contribution in [3.63, 3.8) is 0 Å². The van der Waals surface area contributed by atoms with Gasteiger partial charge in [-0.25, -0.2) is 8.78 Å². The molecular formula is C12H17F2NO. The van der Waals surface area contributed by atoms with Gasteiger partial charge in [-0.05, 0) is 25.1 Å². The van der Waals surface area contributed by atoms with E-state index in [1.807, 2.05) is 6.92 Å². The van der Waals surface area contributed by atoms with Crippen molar-refractivity contribution in [1.82, 2.24) is 5.32 Å². The van der Waals surface area contributed by atoms with Crippen LogP contribution in [0.4, 0.5) is 8.78 Å². The minimum atomic E-state index is -0.766. The quantitative estimate of drug-likeness (QED) is 0.730. The normalized spacial score (nSPS) is 12.8. The molecule has 1 atom stereocenters. The second-order valence-electron chi connectivity index (χ2n) is 3.76. The summed E-state index contributed by atoms with van der Waals surface area (Å²) in [5, 5.41) is 12.6. The molecule has 1 unspecified atom stereocenters. The average Bonchev–Trinajstić information content (AvgIpc) is 2.24. The molecular weight excluding hydrogens is 212 g/mol. The first kappa shape index (κ1) is 13.1. The lowest BCUT2D eigenvalue weighted by molar-refractivity contribution is 0.169. The maximum Gasteiger partial charge on any atom is 0.129 e. The number of hydrogen-bond acceptors (Lipinski definition) is 2. The lowest BCUT2D eigenvalue weighted by Gasteiger charge is -2.12. The smallest absolute Gasteiger partial charge is 0.129 e. The molecule has 4 heteroatoms. The Morgan fingerprint density at radius 3 is 2.50 bits per heavy atom. The molecule has 0 saturated heterocycles. The lowest BCUT2D eigenvalue weighted by Crippen LogP contribution is -2.29. The number of hydrogen-bond donors (Lipinski definition) is 2. The predicted molar refractivity (Wildman–Crippen MR) is 59.2 cm³/mol. The first-order chi connectivity index (χ1) is 7.65. The zero-order valence-corrected chi connectivity index (χ0v) is 9.34. The first-order valence-electron chi connectivity index (χ1n) is 5.46. The van der Waals surface area contributed by atoms with Gasteiger partial charge in [0.15, 0.2) is 0 Å². The second-order valence-corrected chi connectivity index (χ2v) is 3.76. The van der Waals surface area contributed by atoms with E-state index in [0.29, 0.717) is 6.54 Å². The van der Waals surface area contributed by atoms with Crippen molar-refractivity contribution in [2.75, 3.05) is 13.1 Å². The Hall–Kier alpha value is -1.00. The Labute approximate surface area is 94.3 Å². The Balaban J connectivity index is 2.52. The third-order valence-corrected chi connectivity index (χ3v) is 2.31. The van der Waals surface area contributed by atoms with Crippen LogP contribution in [0.25, 0.3) is 0 Å². The number of nitrogens with one attached hydrogen (secondary N) is 1. The lowest BCUT2D eigenvalue weighted by atomic mass is 10.1. The van der Waals surface area contributed by atoms with Crippen molar-refractivity contribution in [3.05, 3.63) is 35.4 Å². The van der Waals surface area contributed by atoms with Crippen LogP contribution in [0.5, 0.6) is 0 Å². The fourth-order valence-electron chi connectivity index (χ4n) is 1.48. The SMILES string of the molecule is CCCNCC(O)Cc1c(F)cccc1F. The molecule has 0 aliphatic carbocycles. The molecule has 0 spiro atoms. The van der Waals surface area contributed by atoms with E-state index < -0.39 is 17.7 Å². The van der Waals surface area contributed by atoms with E-state index in [0.717, 1.165) is 13.0 Å². The summed E-state index contributed by atoms with van der Waals surface area (Å²) in [6, 6.07) is 3.71. The third kappa shape index (κ3) is 3.87. The van der Waals surface area contributed by atoms with Gasteiger partial charge in [0, 0.05) is 18.5 Å². The number of halogens is 2. The zero-order chi connectivity index (χ0) is 12.0. The molecule has 1 rings (SSSR count). The van der Waals surface area contributed by atoms with Crippen molar-refractivity contribution in [1.29, 1.82) is 0 Å². The highest BCUT2D eigenvalue weighted by atomic mass is 19.1. The van der Waals surface area contributed by atoms with Gasteiger partial charge in [0.2, 0.25) is 0 Å². The van der Waals surface area contributed by atoms with Crippen LogP contribution in [-0.2, 0) is 6.42 Å². The van der Waals surface area contributed by atoms with Crippen LogP contribution in [-0.4, -0.2) is 24.3 Å². The van der Waals surface area contributed by atoms with Crippen LogP contribution in [0.15, 0.2) is 18.2 Å². The topological polar surface area (TPSA) is 32.3 Å². The van der Waals surface area contributed by atoms with E-state index in [4.69, 9.17) is 0 Å². The number of benzene rings is 1. The highest BCUT2D eigenvalue weighted by molar-refractivity contribution is 5.20. The molecule has 0 bridgehead atoms. The fourth-order valence-corrected chi connectivity index (χ4v) is 1.48. The highest BCUT2D eigenvalue weighted by Gasteiger charge is 2.13. The molecule has 1 aromatic carbocycles. The monoisotopic (exact) mass is 229 g/mol. The van der Waals surface area contributed by atoms with Gasteiger partial charge in [-0.15, -0.1) is 0 Å². The van der Waals surface area contributed by atoms with Crippen molar-refractivity contribution in [3.8, 4) is 0 Å². The Morgan fingerprint density at radius 2 is 1.94 bits per heavy atom. The highest BCUT2D eigenvalue weighted by Crippen LogP contribution is 2.13. The van der Waals surface area contributed by atoms with E-state index in [2.05, 4.69) is 5.32 Å². The fraction of sp³-hybridized carbons (Fsp3) is 0.500. The molecule has 0 aliphatic heterocycles. The summed E-state index contributed by atoms with van der Waals surface area (Å²) in [5.74, 6) is -1.20. The summed E-state index contributed by atoms with van der Waals surface area (Å²) in [4.78, 5) is 0. The van der Waals surface area contributed by atoms with Gasteiger partial charge in [-0.2, -0.15) is 0 Å². The van der Waals surface area contributed by atoms with Crippen LogP contribution < -0.4 is 5.32 Å². The minimum absolute atomic E-state index is 0.00474. The van der Waals surface area contributed by atoms with Gasteiger partial charge < -0.3 is 10.4 Å². The standard InChI is InChI=1S/C12H17F2NO/c1-2-6-15-8-9(16)7-10-11(13)4-3-5-12(10)14/h3-5,9,15-16H,2,6-8H2,1H3. The van der Waals surface area contributed by atoms with E-state index in [1.54, 1.807) is 0 Å². The van der Waals surface area contributed by atoms with E-state index in [-0.39, 0.29) is 12.0 Å². The van der Waals surface area contributed by atoms with E-state index >= 15 is 0 Å². The number of aliphatic hydroxyl groups is 1. The summed E-state index contributed by atoms with van der Waals surface area (Å²) < 4.78 is 26.5. The van der Waals surface area contributed by atoms with Gasteiger partial charge in [-0.3, -0.25) is 0 Å². The van der Waals surface area contributed by atoms with Crippen molar-refractivity contribution < 1.29 is 13.9 Å². The van der Waals surface area contributed by atoms with Gasteiger partial charge >= 0.3 is 0 Å². The molecule has 0 aliphatic rings. The molecule has 0 fully saturated rings. The largest absolute Gasteiger partial charge is 0.391 e. The van der Waals surface area contributed by atoms with Crippen LogP contribution in [0.3, 0.4) is 0 Å². The van der Waals surface area contributed by atoms with Crippen LogP contribution in [0, 0.1) is 11.6 Å². The molecule has 0 heterocycles. The molecule has 0 amide bonds. The maximum absolute atomic E-state index is 13.2. The summed E-state index contributed by atoms with van der Waals surface area (Å²) in [6.07, 6.45) is 0.189. The molecule has 90 valence electrons. The number of rotatable bonds is 6. The van der Waals surface area contributed by atoms with Crippen molar-refractivity contribution >= 4 is 0 Å². The number of aliphatic hydroxyl groups excluding tert-OH is 1. The Morgan fingerprint density at radius 1 is 1.31 bits per heavy atom. The Bertz CT molecular complexity index is 311. The molecule has 0 aromatic heterocycles. The molecule has 1 aromatic rings. The van der Waals surface area contributed by atoms with Gasteiger partial charge in [-0.1, -0.05) is 13.0 Å². The maximum atomic E-state index is 13.2. The summed E-state index contributed by atoms with van der Waals surface area (Å²) in [5.41, 5.74) is -0.0479. The van der Waals surface area contributed by atoms with Crippen molar-refractivity contribution in [2.24, 2.45) is 0 Å². The molecule has 2 nitrogen and oxygen atoms in total. The van der Waals surface area contributed by atoms with Gasteiger partial charge in [0.05, 0.1) is 6.10 Å². The minimum Gasteiger partial charge on any atom is -0.391 e.